The highest BCUT2D eigenvalue weighted by Gasteiger charge is 1.99. The number of fused-ring (bicyclic) bond motifs is 1. The lowest BCUT2D eigenvalue weighted by Crippen LogP contribution is -1.93. The minimum absolute atomic E-state index is 0.847. The molecule has 0 atom stereocenters. The van der Waals surface area contributed by atoms with E-state index in [1.807, 2.05) is 54.6 Å². The van der Waals surface area contributed by atoms with Gasteiger partial charge in [0.25, 0.3) is 0 Å². The predicted octanol–water partition coefficient (Wildman–Crippen LogP) is 4.62. The second-order valence-corrected chi connectivity index (χ2v) is 4.34. The molecule has 1 aromatic heterocycles. The summed E-state index contributed by atoms with van der Waals surface area (Å²) < 4.78 is 0. The Hall–Kier alpha value is -2.61. The largest absolute Gasteiger partial charge is 0.340 e. The van der Waals surface area contributed by atoms with Crippen molar-refractivity contribution in [2.24, 2.45) is 0 Å². The van der Waals surface area contributed by atoms with Crippen LogP contribution in [0.25, 0.3) is 17.0 Å². The number of anilines is 2. The Labute approximate surface area is 112 Å². The molecule has 0 aliphatic rings. The van der Waals surface area contributed by atoms with Crippen LogP contribution in [0.5, 0.6) is 0 Å². The molecule has 0 aliphatic carbocycles. The van der Waals surface area contributed by atoms with Crippen LogP contribution >= 0.6 is 0 Å². The van der Waals surface area contributed by atoms with Crippen molar-refractivity contribution in [2.75, 3.05) is 5.32 Å². The zero-order valence-corrected chi connectivity index (χ0v) is 10.5. The average Bonchev–Trinajstić information content (AvgIpc) is 2.47. The first-order valence-corrected chi connectivity index (χ1v) is 6.20. The van der Waals surface area contributed by atoms with Crippen LogP contribution in [0, 0.1) is 0 Å². The first-order chi connectivity index (χ1) is 9.35. The molecule has 0 bridgehead atoms. The molecule has 2 heteroatoms. The van der Waals surface area contributed by atoms with E-state index in [0.29, 0.717) is 0 Å². The van der Waals surface area contributed by atoms with Gasteiger partial charge in [-0.05, 0) is 35.9 Å². The third kappa shape index (κ3) is 2.47. The van der Waals surface area contributed by atoms with Crippen molar-refractivity contribution in [3.05, 3.63) is 72.8 Å². The van der Waals surface area contributed by atoms with Crippen molar-refractivity contribution in [3.8, 4) is 0 Å². The minimum Gasteiger partial charge on any atom is -0.340 e. The van der Waals surface area contributed by atoms with Gasteiger partial charge in [0.1, 0.15) is 5.82 Å². The van der Waals surface area contributed by atoms with Crippen molar-refractivity contribution in [2.45, 2.75) is 0 Å². The molecule has 3 aromatic rings. The summed E-state index contributed by atoms with van der Waals surface area (Å²) in [4.78, 5) is 4.59. The molecule has 2 nitrogen and oxygen atoms in total. The second-order valence-electron chi connectivity index (χ2n) is 4.34. The van der Waals surface area contributed by atoms with Crippen molar-refractivity contribution >= 4 is 28.5 Å². The molecule has 0 saturated carbocycles. The Morgan fingerprint density at radius 1 is 0.947 bits per heavy atom. The lowest BCUT2D eigenvalue weighted by atomic mass is 10.2. The molecule has 0 spiro atoms. The second kappa shape index (κ2) is 4.94. The van der Waals surface area contributed by atoms with Gasteiger partial charge in [0.05, 0.1) is 5.52 Å². The molecule has 1 heterocycles. The molecular weight excluding hydrogens is 232 g/mol. The molecule has 92 valence electrons. The van der Waals surface area contributed by atoms with Crippen molar-refractivity contribution in [1.29, 1.82) is 0 Å². The Morgan fingerprint density at radius 3 is 2.74 bits per heavy atom. The number of rotatable bonds is 3. The standard InChI is InChI=1S/C17H14N2/c1-2-13-6-5-8-15(12-13)18-17-11-10-14-7-3-4-9-16(14)19-17/h2-12H,1H2,(H,18,19). The number of hydrogen-bond acceptors (Lipinski definition) is 2. The Balaban J connectivity index is 1.94. The molecular formula is C17H14N2. The van der Waals surface area contributed by atoms with E-state index in [4.69, 9.17) is 0 Å². The van der Waals surface area contributed by atoms with Crippen molar-refractivity contribution < 1.29 is 0 Å². The minimum atomic E-state index is 0.847. The molecule has 2 aromatic carbocycles. The summed E-state index contributed by atoms with van der Waals surface area (Å²) in [5.41, 5.74) is 3.10. The first-order valence-electron chi connectivity index (χ1n) is 6.20. The topological polar surface area (TPSA) is 24.9 Å². The molecule has 3 rings (SSSR count). The van der Waals surface area contributed by atoms with Crippen LogP contribution in [0.15, 0.2) is 67.2 Å². The van der Waals surface area contributed by atoms with Crippen molar-refractivity contribution in [3.63, 3.8) is 0 Å². The maximum Gasteiger partial charge on any atom is 0.131 e. The number of pyridine rings is 1. The van der Waals surface area contributed by atoms with Gasteiger partial charge >= 0.3 is 0 Å². The summed E-state index contributed by atoms with van der Waals surface area (Å²) in [6.07, 6.45) is 1.83. The van der Waals surface area contributed by atoms with E-state index in [1.54, 1.807) is 0 Å². The van der Waals surface area contributed by atoms with E-state index in [0.717, 1.165) is 28.0 Å². The van der Waals surface area contributed by atoms with Gasteiger partial charge < -0.3 is 5.32 Å². The fourth-order valence-corrected chi connectivity index (χ4v) is 2.03. The normalized spacial score (nSPS) is 10.3. The summed E-state index contributed by atoms with van der Waals surface area (Å²) in [6, 6.07) is 20.2. The number of aromatic nitrogens is 1. The zero-order chi connectivity index (χ0) is 13.1. The first kappa shape index (κ1) is 11.5. The summed E-state index contributed by atoms with van der Waals surface area (Å²) in [7, 11) is 0. The highest BCUT2D eigenvalue weighted by Crippen LogP contribution is 2.19. The quantitative estimate of drug-likeness (QED) is 0.729. The summed E-state index contributed by atoms with van der Waals surface area (Å²) >= 11 is 0. The van der Waals surface area contributed by atoms with Crippen LogP contribution in [0.1, 0.15) is 5.56 Å². The van der Waals surface area contributed by atoms with Crippen LogP contribution in [-0.2, 0) is 0 Å². The smallest absolute Gasteiger partial charge is 0.131 e. The summed E-state index contributed by atoms with van der Waals surface area (Å²) in [5, 5.41) is 4.46. The maximum absolute atomic E-state index is 4.59. The summed E-state index contributed by atoms with van der Waals surface area (Å²) in [6.45, 7) is 3.78. The van der Waals surface area contributed by atoms with Crippen LogP contribution in [-0.4, -0.2) is 4.98 Å². The van der Waals surface area contributed by atoms with Gasteiger partial charge in [-0.1, -0.05) is 43.0 Å². The highest BCUT2D eigenvalue weighted by atomic mass is 15.0. The molecule has 0 fully saturated rings. The Morgan fingerprint density at radius 2 is 1.84 bits per heavy atom. The molecule has 19 heavy (non-hydrogen) atoms. The molecule has 0 aliphatic heterocycles. The SMILES string of the molecule is C=Cc1cccc(Nc2ccc3ccccc3n2)c1. The summed E-state index contributed by atoms with van der Waals surface area (Å²) in [5.74, 6) is 0.847. The van der Waals surface area contributed by atoms with Gasteiger partial charge in [0.2, 0.25) is 0 Å². The van der Waals surface area contributed by atoms with Crippen LogP contribution < -0.4 is 5.32 Å². The Bertz CT molecular complexity index is 732. The lowest BCUT2D eigenvalue weighted by Gasteiger charge is -2.07. The molecule has 0 radical (unpaired) electrons. The van der Waals surface area contributed by atoms with Crippen LogP contribution in [0.2, 0.25) is 0 Å². The monoisotopic (exact) mass is 246 g/mol. The average molecular weight is 246 g/mol. The van der Waals surface area contributed by atoms with E-state index in [2.05, 4.69) is 29.0 Å². The van der Waals surface area contributed by atoms with Gasteiger partial charge in [-0.3, -0.25) is 0 Å². The van der Waals surface area contributed by atoms with E-state index in [-0.39, 0.29) is 0 Å². The fraction of sp³-hybridized carbons (Fsp3) is 0. The molecule has 1 N–H and O–H groups in total. The Kier molecular flexibility index (Phi) is 2.99. The van der Waals surface area contributed by atoms with E-state index in [9.17, 15) is 0 Å². The molecule has 0 amide bonds. The maximum atomic E-state index is 4.59. The van der Waals surface area contributed by atoms with Crippen LogP contribution in [0.3, 0.4) is 0 Å². The number of para-hydroxylation sites is 1. The van der Waals surface area contributed by atoms with E-state index >= 15 is 0 Å². The van der Waals surface area contributed by atoms with Gasteiger partial charge in [-0.15, -0.1) is 0 Å². The van der Waals surface area contributed by atoms with E-state index in [1.165, 1.54) is 0 Å². The van der Waals surface area contributed by atoms with Gasteiger partial charge in [0, 0.05) is 11.1 Å². The number of hydrogen-bond donors (Lipinski definition) is 1. The number of nitrogens with one attached hydrogen (secondary N) is 1. The highest BCUT2D eigenvalue weighted by molar-refractivity contribution is 5.80. The number of benzene rings is 2. The zero-order valence-electron chi connectivity index (χ0n) is 10.5. The molecule has 0 saturated heterocycles. The third-order valence-electron chi connectivity index (χ3n) is 2.99. The lowest BCUT2D eigenvalue weighted by molar-refractivity contribution is 1.37. The van der Waals surface area contributed by atoms with Crippen molar-refractivity contribution in [1.82, 2.24) is 4.98 Å². The predicted molar refractivity (Wildman–Crippen MR) is 81.6 cm³/mol. The van der Waals surface area contributed by atoms with E-state index < -0.39 is 0 Å². The van der Waals surface area contributed by atoms with Gasteiger partial charge in [-0.2, -0.15) is 0 Å². The fourth-order valence-electron chi connectivity index (χ4n) is 2.03. The van der Waals surface area contributed by atoms with Gasteiger partial charge in [-0.25, -0.2) is 4.98 Å². The number of nitrogens with zero attached hydrogens (tertiary/aromatic N) is 1. The van der Waals surface area contributed by atoms with Gasteiger partial charge in [0.15, 0.2) is 0 Å². The third-order valence-corrected chi connectivity index (χ3v) is 2.99. The van der Waals surface area contributed by atoms with Crippen LogP contribution in [0.4, 0.5) is 11.5 Å². The molecule has 0 unspecified atom stereocenters.